The highest BCUT2D eigenvalue weighted by atomic mass is 32.2. The molecule has 4 aliphatic heterocycles. The number of aromatic nitrogens is 2. The van der Waals surface area contributed by atoms with Crippen LogP contribution in [-0.2, 0) is 20.0 Å². The van der Waals surface area contributed by atoms with Crippen LogP contribution in [0.1, 0.15) is 18.4 Å². The van der Waals surface area contributed by atoms with Crippen molar-refractivity contribution < 1.29 is 21.6 Å². The number of allylic oxidation sites excluding steroid dienone is 1. The molecule has 10 nitrogen and oxygen atoms in total. The number of nitrogens with zero attached hydrogens (tertiary/aromatic N) is 4. The minimum absolute atomic E-state index is 0.275. The van der Waals surface area contributed by atoms with Crippen LogP contribution in [0.25, 0.3) is 27.4 Å². The third-order valence-corrected chi connectivity index (χ3v) is 13.7. The number of anilines is 1. The number of hydrogen-bond acceptors (Lipinski definition) is 8. The number of fused-ring (bicyclic) bond motifs is 4. The number of rotatable bonds is 7. The minimum Gasteiger partial charge on any atom is -0.495 e. The Balaban J connectivity index is 0.000000149. The van der Waals surface area contributed by atoms with Crippen LogP contribution in [-0.4, -0.2) is 76.1 Å². The largest absolute Gasteiger partial charge is 0.495 e. The lowest BCUT2D eigenvalue weighted by Crippen LogP contribution is -2.43. The van der Waals surface area contributed by atoms with Gasteiger partial charge in [0.1, 0.15) is 5.75 Å². The van der Waals surface area contributed by atoms with E-state index in [0.29, 0.717) is 16.3 Å². The first-order valence-electron chi connectivity index (χ1n) is 17.6. The third kappa shape index (κ3) is 6.04. The van der Waals surface area contributed by atoms with Crippen molar-refractivity contribution in [2.75, 3.05) is 51.3 Å². The van der Waals surface area contributed by atoms with Gasteiger partial charge in [-0.15, -0.1) is 0 Å². The SMILES string of the molecule is COc1ccc2c(ccn2S(=O)(=O)c2ccccc2)c1N1CCNCC1.O=S(=O)(c1ccccc1)n1cc(C2=CN3CCC2CC3)c2ccccc21. The summed E-state index contributed by atoms with van der Waals surface area (Å²) < 4.78 is 61.0. The molecule has 4 aliphatic rings. The highest BCUT2D eigenvalue weighted by Gasteiger charge is 2.31. The van der Waals surface area contributed by atoms with Crippen molar-refractivity contribution in [2.45, 2.75) is 22.6 Å². The second-order valence-corrected chi connectivity index (χ2v) is 16.9. The summed E-state index contributed by atoms with van der Waals surface area (Å²) in [5, 5.41) is 5.22. The Hall–Kier alpha value is -5.04. The average Bonchev–Trinajstić information content (AvgIpc) is 3.83. The van der Waals surface area contributed by atoms with E-state index in [9.17, 15) is 16.8 Å². The van der Waals surface area contributed by atoms with Crippen molar-refractivity contribution in [1.29, 1.82) is 0 Å². The van der Waals surface area contributed by atoms with Gasteiger partial charge in [0.15, 0.2) is 0 Å². The van der Waals surface area contributed by atoms with Crippen LogP contribution >= 0.6 is 0 Å². The van der Waals surface area contributed by atoms with E-state index in [1.54, 1.807) is 74.0 Å². The van der Waals surface area contributed by atoms with Crippen LogP contribution in [0.3, 0.4) is 0 Å². The molecule has 0 amide bonds. The molecule has 2 aromatic heterocycles. The van der Waals surface area contributed by atoms with Gasteiger partial charge < -0.3 is 19.9 Å². The van der Waals surface area contributed by atoms with Gasteiger partial charge in [-0.1, -0.05) is 54.6 Å². The van der Waals surface area contributed by atoms with Gasteiger partial charge in [0.05, 0.1) is 33.6 Å². The first-order chi connectivity index (χ1) is 25.3. The minimum atomic E-state index is -3.64. The standard InChI is InChI=1S/C21H20N2O2S.C19H21N3O3S/c24-26(25,17-6-2-1-3-7-17)23-15-20(18-8-4-5-9-21(18)23)19-14-22-12-10-16(19)11-13-22;1-25-18-8-7-17-16(19(18)21-13-10-20-11-14-21)9-12-22(17)26(23,24)15-5-3-2-4-6-15/h1-9,14-16H,10-13H2;2-9,12,20H,10-11,13-14H2,1H3. The molecule has 0 atom stereocenters. The Bertz CT molecular complexity index is 2480. The molecule has 10 rings (SSSR count). The number of nitrogens with one attached hydrogen (secondary N) is 1. The molecule has 0 spiro atoms. The zero-order chi connectivity index (χ0) is 35.9. The molecule has 2 fully saturated rings. The Morgan fingerprint density at radius 1 is 0.654 bits per heavy atom. The lowest BCUT2D eigenvalue weighted by atomic mass is 9.82. The van der Waals surface area contributed by atoms with Crippen LogP contribution in [0.2, 0.25) is 0 Å². The van der Waals surface area contributed by atoms with Gasteiger partial charge in [0, 0.05) is 74.2 Å². The van der Waals surface area contributed by atoms with Gasteiger partial charge in [0.2, 0.25) is 0 Å². The molecule has 0 unspecified atom stereocenters. The number of para-hydroxylation sites is 1. The number of ether oxygens (including phenoxy) is 1. The molecule has 268 valence electrons. The summed E-state index contributed by atoms with van der Waals surface area (Å²) >= 11 is 0. The molecule has 2 bridgehead atoms. The highest BCUT2D eigenvalue weighted by molar-refractivity contribution is 7.90. The van der Waals surface area contributed by atoms with Gasteiger partial charge in [-0.2, -0.15) is 0 Å². The van der Waals surface area contributed by atoms with Gasteiger partial charge in [-0.05, 0) is 72.9 Å². The van der Waals surface area contributed by atoms with Crippen LogP contribution in [0, 0.1) is 5.92 Å². The molecule has 0 radical (unpaired) electrons. The van der Waals surface area contributed by atoms with Crippen LogP contribution in [0.15, 0.2) is 132 Å². The molecule has 12 heteroatoms. The van der Waals surface area contributed by atoms with Crippen LogP contribution < -0.4 is 15.0 Å². The fourth-order valence-electron chi connectivity index (χ4n) is 7.67. The maximum absolute atomic E-state index is 13.2. The Morgan fingerprint density at radius 3 is 1.87 bits per heavy atom. The van der Waals surface area contributed by atoms with E-state index in [1.165, 1.54) is 13.5 Å². The summed E-state index contributed by atoms with van der Waals surface area (Å²) in [5.74, 6) is 1.29. The molecule has 0 aliphatic carbocycles. The maximum Gasteiger partial charge on any atom is 0.268 e. The Kier molecular flexibility index (Phi) is 9.06. The molecule has 4 aromatic carbocycles. The summed E-state index contributed by atoms with van der Waals surface area (Å²) in [5.41, 5.74) is 4.68. The maximum atomic E-state index is 13.2. The van der Waals surface area contributed by atoms with E-state index in [4.69, 9.17) is 4.74 Å². The lowest BCUT2D eigenvalue weighted by molar-refractivity contribution is 0.252. The van der Waals surface area contributed by atoms with Gasteiger partial charge in [-0.25, -0.2) is 24.8 Å². The number of piperazine rings is 1. The van der Waals surface area contributed by atoms with Gasteiger partial charge in [0.25, 0.3) is 20.0 Å². The fraction of sp³-hybridized carbons (Fsp3) is 0.250. The van der Waals surface area contributed by atoms with Crippen LogP contribution in [0.5, 0.6) is 5.75 Å². The molecule has 6 heterocycles. The molecule has 2 saturated heterocycles. The smallest absolute Gasteiger partial charge is 0.268 e. The van der Waals surface area contributed by atoms with Crippen molar-refractivity contribution in [3.05, 3.63) is 127 Å². The number of methoxy groups -OCH3 is 1. The highest BCUT2D eigenvalue weighted by Crippen LogP contribution is 2.41. The molecule has 52 heavy (non-hydrogen) atoms. The topological polar surface area (TPSA) is 106 Å². The molecular formula is C40H41N5O5S2. The fourth-order valence-corrected chi connectivity index (χ4v) is 10.4. The Labute approximate surface area is 304 Å². The summed E-state index contributed by atoms with van der Waals surface area (Å²) in [4.78, 5) is 5.19. The molecule has 0 saturated carbocycles. The molecular weight excluding hydrogens is 695 g/mol. The first-order valence-corrected chi connectivity index (χ1v) is 20.5. The van der Waals surface area contributed by atoms with Gasteiger partial charge >= 0.3 is 0 Å². The zero-order valence-electron chi connectivity index (χ0n) is 28.9. The predicted octanol–water partition coefficient (Wildman–Crippen LogP) is 6.24. The third-order valence-electron chi connectivity index (χ3n) is 10.3. The predicted molar refractivity (Wildman–Crippen MR) is 206 cm³/mol. The van der Waals surface area contributed by atoms with Crippen molar-refractivity contribution >= 4 is 53.1 Å². The zero-order valence-corrected chi connectivity index (χ0v) is 30.6. The van der Waals surface area contributed by atoms with E-state index in [2.05, 4.69) is 21.3 Å². The molecule has 1 N–H and O–H groups in total. The number of hydrogen-bond donors (Lipinski definition) is 1. The number of benzene rings is 4. The van der Waals surface area contributed by atoms with Crippen molar-refractivity contribution in [3.8, 4) is 5.75 Å². The molecule has 6 aromatic rings. The quantitative estimate of drug-likeness (QED) is 0.206. The van der Waals surface area contributed by atoms with E-state index in [1.807, 2.05) is 48.7 Å². The summed E-state index contributed by atoms with van der Waals surface area (Å²) in [7, 11) is -5.62. The second-order valence-electron chi connectivity index (χ2n) is 13.3. The van der Waals surface area contributed by atoms with E-state index in [0.717, 1.165) is 85.4 Å². The lowest BCUT2D eigenvalue weighted by Gasteiger charge is -2.39. The Morgan fingerprint density at radius 2 is 1.25 bits per heavy atom. The van der Waals surface area contributed by atoms with E-state index < -0.39 is 20.0 Å². The van der Waals surface area contributed by atoms with E-state index >= 15 is 0 Å². The van der Waals surface area contributed by atoms with Crippen molar-refractivity contribution in [3.63, 3.8) is 0 Å². The van der Waals surface area contributed by atoms with Crippen molar-refractivity contribution in [2.24, 2.45) is 5.92 Å². The monoisotopic (exact) mass is 735 g/mol. The summed E-state index contributed by atoms with van der Waals surface area (Å²) in [6.07, 6.45) is 7.98. The normalized spacial score (nSPS) is 16.5. The van der Waals surface area contributed by atoms with Gasteiger partial charge in [-0.3, -0.25) is 0 Å². The summed E-state index contributed by atoms with van der Waals surface area (Å²) in [6.45, 7) is 5.70. The van der Waals surface area contributed by atoms with Crippen LogP contribution in [0.4, 0.5) is 5.69 Å². The second kappa shape index (κ2) is 13.8. The summed E-state index contributed by atoms with van der Waals surface area (Å²) in [6, 6.07) is 30.4. The average molecular weight is 736 g/mol. The van der Waals surface area contributed by atoms with Crippen molar-refractivity contribution in [1.82, 2.24) is 18.2 Å². The number of piperidine rings is 1. The first kappa shape index (κ1) is 34.1. The van der Waals surface area contributed by atoms with E-state index in [-0.39, 0.29) is 4.90 Å².